The predicted octanol–water partition coefficient (Wildman–Crippen LogP) is 3.72. The second-order valence-corrected chi connectivity index (χ2v) is 4.69. The molecule has 4 heteroatoms. The molecule has 4 aromatic rings. The summed E-state index contributed by atoms with van der Waals surface area (Å²) in [6.07, 6.45) is 3.66. The highest BCUT2D eigenvalue weighted by Crippen LogP contribution is 2.35. The second-order valence-electron chi connectivity index (χ2n) is 4.69. The van der Waals surface area contributed by atoms with Crippen LogP contribution in [0.4, 0.5) is 0 Å². The van der Waals surface area contributed by atoms with Crippen LogP contribution >= 0.6 is 0 Å². The van der Waals surface area contributed by atoms with Crippen molar-refractivity contribution in [1.82, 2.24) is 15.0 Å². The number of nitrogens with zero attached hydrogens (tertiary/aromatic N) is 1. The van der Waals surface area contributed by atoms with Crippen molar-refractivity contribution < 1.29 is 4.74 Å². The van der Waals surface area contributed by atoms with E-state index in [0.29, 0.717) is 0 Å². The van der Waals surface area contributed by atoms with Gasteiger partial charge in [-0.1, -0.05) is 18.2 Å². The third-order valence-electron chi connectivity index (χ3n) is 3.64. The van der Waals surface area contributed by atoms with Crippen LogP contribution in [0, 0.1) is 0 Å². The Morgan fingerprint density at radius 3 is 2.80 bits per heavy atom. The normalized spacial score (nSPS) is 11.2. The van der Waals surface area contributed by atoms with Crippen LogP contribution in [0.15, 0.2) is 48.9 Å². The number of hydrogen-bond donors (Lipinski definition) is 2. The Labute approximate surface area is 115 Å². The molecule has 0 aliphatic heterocycles. The molecule has 0 radical (unpaired) electrons. The first kappa shape index (κ1) is 11.1. The maximum Gasteiger partial charge on any atom is 0.144 e. The minimum Gasteiger partial charge on any atom is -0.494 e. The molecule has 0 saturated heterocycles. The Morgan fingerprint density at radius 2 is 1.90 bits per heavy atom. The van der Waals surface area contributed by atoms with Crippen molar-refractivity contribution in [3.63, 3.8) is 0 Å². The molecular formula is C16H13N3O. The lowest BCUT2D eigenvalue weighted by molar-refractivity contribution is 0.419. The smallest absolute Gasteiger partial charge is 0.144 e. The zero-order valence-electron chi connectivity index (χ0n) is 11.0. The molecule has 0 unspecified atom stereocenters. The lowest BCUT2D eigenvalue weighted by Gasteiger charge is -2.07. The van der Waals surface area contributed by atoms with Gasteiger partial charge in [0, 0.05) is 17.3 Å². The van der Waals surface area contributed by atoms with Gasteiger partial charge in [0.2, 0.25) is 0 Å². The first-order valence-corrected chi connectivity index (χ1v) is 6.45. The first-order valence-electron chi connectivity index (χ1n) is 6.45. The summed E-state index contributed by atoms with van der Waals surface area (Å²) in [5, 5.41) is 1.20. The molecule has 0 aliphatic carbocycles. The molecule has 4 nitrogen and oxygen atoms in total. The van der Waals surface area contributed by atoms with E-state index in [-0.39, 0.29) is 0 Å². The van der Waals surface area contributed by atoms with E-state index in [1.165, 1.54) is 5.39 Å². The van der Waals surface area contributed by atoms with Crippen LogP contribution < -0.4 is 4.74 Å². The van der Waals surface area contributed by atoms with E-state index in [9.17, 15) is 0 Å². The number of imidazole rings is 1. The number of H-pyrrole nitrogens is 2. The second kappa shape index (κ2) is 4.13. The third kappa shape index (κ3) is 1.45. The van der Waals surface area contributed by atoms with Crippen molar-refractivity contribution in [2.75, 3.05) is 7.11 Å². The molecule has 2 aromatic heterocycles. The van der Waals surface area contributed by atoms with Crippen LogP contribution in [0.5, 0.6) is 5.75 Å². The van der Waals surface area contributed by atoms with Crippen LogP contribution in [0.2, 0.25) is 0 Å². The number of hydrogen-bond acceptors (Lipinski definition) is 2. The van der Waals surface area contributed by atoms with Gasteiger partial charge in [-0.15, -0.1) is 0 Å². The van der Waals surface area contributed by atoms with E-state index >= 15 is 0 Å². The molecule has 2 heterocycles. The van der Waals surface area contributed by atoms with Gasteiger partial charge >= 0.3 is 0 Å². The summed E-state index contributed by atoms with van der Waals surface area (Å²) < 4.78 is 5.37. The number of aromatic nitrogens is 3. The van der Waals surface area contributed by atoms with Gasteiger partial charge in [0.1, 0.15) is 11.3 Å². The lowest BCUT2D eigenvalue weighted by atomic mass is 10.0. The molecule has 0 atom stereocenters. The number of benzene rings is 2. The van der Waals surface area contributed by atoms with Crippen molar-refractivity contribution in [2.45, 2.75) is 0 Å². The van der Waals surface area contributed by atoms with Gasteiger partial charge in [0.05, 0.1) is 24.5 Å². The fourth-order valence-corrected chi connectivity index (χ4v) is 2.70. The molecule has 20 heavy (non-hydrogen) atoms. The van der Waals surface area contributed by atoms with Gasteiger partial charge in [-0.05, 0) is 23.6 Å². The maximum atomic E-state index is 5.37. The summed E-state index contributed by atoms with van der Waals surface area (Å²) in [5.41, 5.74) is 5.21. The maximum absolute atomic E-state index is 5.37. The summed E-state index contributed by atoms with van der Waals surface area (Å²) >= 11 is 0. The van der Waals surface area contributed by atoms with Crippen molar-refractivity contribution in [2.24, 2.45) is 0 Å². The number of ether oxygens (including phenoxy) is 1. The molecule has 2 aromatic carbocycles. The molecule has 2 N–H and O–H groups in total. The Kier molecular flexibility index (Phi) is 2.29. The van der Waals surface area contributed by atoms with Gasteiger partial charge in [-0.3, -0.25) is 0 Å². The van der Waals surface area contributed by atoms with Gasteiger partial charge in [-0.25, -0.2) is 4.98 Å². The molecule has 0 fully saturated rings. The van der Waals surface area contributed by atoms with E-state index in [0.717, 1.165) is 33.4 Å². The van der Waals surface area contributed by atoms with Crippen molar-refractivity contribution >= 4 is 21.9 Å². The number of fused-ring (bicyclic) bond motifs is 2. The number of nitrogens with one attached hydrogen (secondary N) is 2. The van der Waals surface area contributed by atoms with Crippen molar-refractivity contribution in [3.8, 4) is 16.9 Å². The lowest BCUT2D eigenvalue weighted by Crippen LogP contribution is -1.88. The summed E-state index contributed by atoms with van der Waals surface area (Å²) in [4.78, 5) is 10.9. The van der Waals surface area contributed by atoms with E-state index in [4.69, 9.17) is 4.74 Å². The van der Waals surface area contributed by atoms with Crippen LogP contribution in [0.3, 0.4) is 0 Å². The van der Waals surface area contributed by atoms with Crippen LogP contribution in [-0.4, -0.2) is 22.1 Å². The average molecular weight is 263 g/mol. The molecule has 0 aliphatic rings. The highest BCUT2D eigenvalue weighted by molar-refractivity contribution is 6.03. The third-order valence-corrected chi connectivity index (χ3v) is 3.64. The summed E-state index contributed by atoms with van der Waals surface area (Å²) in [6.45, 7) is 0. The average Bonchev–Trinajstić information content (AvgIpc) is 3.14. The number of rotatable bonds is 2. The van der Waals surface area contributed by atoms with E-state index in [2.05, 4.69) is 45.3 Å². The summed E-state index contributed by atoms with van der Waals surface area (Å²) in [5.74, 6) is 0.805. The van der Waals surface area contributed by atoms with E-state index in [1.807, 2.05) is 12.3 Å². The predicted molar refractivity (Wildman–Crippen MR) is 79.9 cm³/mol. The minimum absolute atomic E-state index is 0.805. The van der Waals surface area contributed by atoms with Gasteiger partial charge in [0.25, 0.3) is 0 Å². The van der Waals surface area contributed by atoms with Gasteiger partial charge < -0.3 is 14.7 Å². The standard InChI is InChI=1S/C16H13N3O/c1-20-13-6-5-12(15-16(13)19-9-18-15)11-4-2-3-10-7-8-17-14(10)11/h2-9,17H,1H3,(H,18,19). The summed E-state index contributed by atoms with van der Waals surface area (Å²) in [7, 11) is 1.67. The topological polar surface area (TPSA) is 53.7 Å². The van der Waals surface area contributed by atoms with Crippen LogP contribution in [-0.2, 0) is 0 Å². The summed E-state index contributed by atoms with van der Waals surface area (Å²) in [6, 6.07) is 12.4. The Bertz CT molecular complexity index is 904. The highest BCUT2D eigenvalue weighted by atomic mass is 16.5. The highest BCUT2D eigenvalue weighted by Gasteiger charge is 2.12. The molecular weight excluding hydrogens is 250 g/mol. The fraction of sp³-hybridized carbons (Fsp3) is 0.0625. The first-order chi connectivity index (χ1) is 9.88. The van der Waals surface area contributed by atoms with E-state index in [1.54, 1.807) is 13.4 Å². The van der Waals surface area contributed by atoms with E-state index < -0.39 is 0 Å². The quantitative estimate of drug-likeness (QED) is 0.579. The molecule has 4 rings (SSSR count). The zero-order chi connectivity index (χ0) is 13.5. The Morgan fingerprint density at radius 1 is 0.950 bits per heavy atom. The fourth-order valence-electron chi connectivity index (χ4n) is 2.70. The number of aromatic amines is 2. The molecule has 0 spiro atoms. The SMILES string of the molecule is COc1ccc(-c2cccc3cc[nH]c23)c2nc[nH]c12. The monoisotopic (exact) mass is 263 g/mol. The number of methoxy groups -OCH3 is 1. The Balaban J connectivity index is 2.08. The minimum atomic E-state index is 0.805. The van der Waals surface area contributed by atoms with Gasteiger partial charge in [0.15, 0.2) is 0 Å². The van der Waals surface area contributed by atoms with Crippen molar-refractivity contribution in [3.05, 3.63) is 48.9 Å². The van der Waals surface area contributed by atoms with Crippen molar-refractivity contribution in [1.29, 1.82) is 0 Å². The molecule has 0 saturated carbocycles. The zero-order valence-corrected chi connectivity index (χ0v) is 11.0. The largest absolute Gasteiger partial charge is 0.494 e. The molecule has 98 valence electrons. The molecule has 0 bridgehead atoms. The Hall–Kier alpha value is -2.75. The van der Waals surface area contributed by atoms with Gasteiger partial charge in [-0.2, -0.15) is 0 Å². The molecule has 0 amide bonds. The van der Waals surface area contributed by atoms with Crippen LogP contribution in [0.1, 0.15) is 0 Å². The number of para-hydroxylation sites is 1. The van der Waals surface area contributed by atoms with Crippen LogP contribution in [0.25, 0.3) is 33.1 Å².